The van der Waals surface area contributed by atoms with Gasteiger partial charge in [-0.2, -0.15) is 0 Å². The number of hydrogen-bond donors (Lipinski definition) is 1. The highest BCUT2D eigenvalue weighted by molar-refractivity contribution is 7.91. The second kappa shape index (κ2) is 4.96. The average Bonchev–Trinajstić information content (AvgIpc) is 1.82. The van der Waals surface area contributed by atoms with Crippen molar-refractivity contribution in [2.24, 2.45) is 11.1 Å². The van der Waals surface area contributed by atoms with Gasteiger partial charge in [0.1, 0.15) is 0 Å². The molecule has 0 fully saturated rings. The summed E-state index contributed by atoms with van der Waals surface area (Å²) in [6.45, 7) is 6.57. The highest BCUT2D eigenvalue weighted by atomic mass is 32.2. The monoisotopic (exact) mass is 207 g/mol. The Morgan fingerprint density at radius 2 is 1.69 bits per heavy atom. The van der Waals surface area contributed by atoms with Gasteiger partial charge in [-0.15, -0.1) is 0 Å². The molecule has 0 aliphatic carbocycles. The average molecular weight is 207 g/mol. The Morgan fingerprint density at radius 3 is 2.08 bits per heavy atom. The summed E-state index contributed by atoms with van der Waals surface area (Å²) < 4.78 is 22.5. The molecule has 0 unspecified atom stereocenters. The minimum absolute atomic E-state index is 0.122. The van der Waals surface area contributed by atoms with Crippen LogP contribution in [0.2, 0.25) is 0 Å². The fraction of sp³-hybridized carbons (Fsp3) is 1.00. The van der Waals surface area contributed by atoms with Crippen molar-refractivity contribution >= 4 is 9.84 Å². The van der Waals surface area contributed by atoms with E-state index in [1.54, 1.807) is 0 Å². The van der Waals surface area contributed by atoms with Crippen molar-refractivity contribution < 1.29 is 8.42 Å². The first kappa shape index (κ1) is 12.9. The first-order chi connectivity index (χ1) is 5.77. The van der Waals surface area contributed by atoms with E-state index in [1.807, 2.05) is 0 Å². The molecule has 0 radical (unpaired) electrons. The molecule has 0 aliphatic rings. The molecule has 2 N–H and O–H groups in total. The summed E-state index contributed by atoms with van der Waals surface area (Å²) in [7, 11) is -2.88. The third-order valence-corrected chi connectivity index (χ3v) is 3.58. The number of rotatable bonds is 5. The molecule has 0 bridgehead atoms. The van der Waals surface area contributed by atoms with Crippen molar-refractivity contribution in [3.05, 3.63) is 0 Å². The molecule has 0 aromatic rings. The van der Waals surface area contributed by atoms with Gasteiger partial charge < -0.3 is 5.73 Å². The van der Waals surface area contributed by atoms with E-state index in [0.29, 0.717) is 0 Å². The molecule has 80 valence electrons. The summed E-state index contributed by atoms with van der Waals surface area (Å²) >= 11 is 0. The summed E-state index contributed by atoms with van der Waals surface area (Å²) in [5.41, 5.74) is 5.41. The number of nitrogens with two attached hydrogens (primary N) is 1. The lowest BCUT2D eigenvalue weighted by atomic mass is 9.91. The fourth-order valence-corrected chi connectivity index (χ4v) is 2.25. The summed E-state index contributed by atoms with van der Waals surface area (Å²) in [4.78, 5) is 0. The van der Waals surface area contributed by atoms with Crippen molar-refractivity contribution in [3.8, 4) is 0 Å². The van der Waals surface area contributed by atoms with Gasteiger partial charge in [-0.25, -0.2) is 8.42 Å². The molecular weight excluding hydrogens is 186 g/mol. The Balaban J connectivity index is 3.77. The van der Waals surface area contributed by atoms with Gasteiger partial charge in [0.05, 0.1) is 11.5 Å². The van der Waals surface area contributed by atoms with Crippen molar-refractivity contribution in [3.63, 3.8) is 0 Å². The van der Waals surface area contributed by atoms with Crippen LogP contribution in [-0.4, -0.2) is 26.5 Å². The molecule has 0 saturated heterocycles. The lowest BCUT2D eigenvalue weighted by Crippen LogP contribution is -2.19. The second-order valence-corrected chi connectivity index (χ2v) is 6.91. The zero-order valence-electron chi connectivity index (χ0n) is 8.84. The maximum atomic E-state index is 11.2. The SMILES string of the molecule is CC(C)(C)CCCS(=O)(=O)CCN. The molecular formula is C9H21NO2S. The van der Waals surface area contributed by atoms with Gasteiger partial charge in [-0.05, 0) is 18.3 Å². The topological polar surface area (TPSA) is 60.2 Å². The standard InChI is InChI=1S/C9H21NO2S/c1-9(2,3)5-4-7-13(11,12)8-6-10/h4-8,10H2,1-3H3. The number of sulfone groups is 1. The van der Waals surface area contributed by atoms with E-state index in [2.05, 4.69) is 20.8 Å². The summed E-state index contributed by atoms with van der Waals surface area (Å²) in [5.74, 6) is 0.401. The Hall–Kier alpha value is -0.0900. The number of hydrogen-bond acceptors (Lipinski definition) is 3. The van der Waals surface area contributed by atoms with E-state index in [-0.39, 0.29) is 23.5 Å². The zero-order chi connectivity index (χ0) is 10.5. The molecule has 3 nitrogen and oxygen atoms in total. The van der Waals surface area contributed by atoms with Crippen molar-refractivity contribution in [2.75, 3.05) is 18.1 Å². The second-order valence-electron chi connectivity index (χ2n) is 4.60. The predicted molar refractivity (Wildman–Crippen MR) is 56.4 cm³/mol. The molecule has 0 amide bonds. The normalized spacial score (nSPS) is 13.2. The Kier molecular flexibility index (Phi) is 4.92. The van der Waals surface area contributed by atoms with Gasteiger partial charge in [0.2, 0.25) is 0 Å². The van der Waals surface area contributed by atoms with E-state index in [0.717, 1.165) is 12.8 Å². The third-order valence-electron chi connectivity index (χ3n) is 1.81. The molecule has 0 rings (SSSR count). The molecule has 13 heavy (non-hydrogen) atoms. The third kappa shape index (κ3) is 8.25. The molecule has 0 saturated carbocycles. The van der Waals surface area contributed by atoms with Crippen LogP contribution in [0.4, 0.5) is 0 Å². The lowest BCUT2D eigenvalue weighted by molar-refractivity contribution is 0.373. The van der Waals surface area contributed by atoms with Gasteiger partial charge >= 0.3 is 0 Å². The molecule has 4 heteroatoms. The van der Waals surface area contributed by atoms with Crippen LogP contribution in [0, 0.1) is 5.41 Å². The minimum atomic E-state index is -2.88. The molecule has 0 spiro atoms. The summed E-state index contributed by atoms with van der Waals surface area (Å²) in [6, 6.07) is 0. The Morgan fingerprint density at radius 1 is 1.15 bits per heavy atom. The molecule has 0 aliphatic heterocycles. The van der Waals surface area contributed by atoms with Gasteiger partial charge in [0.25, 0.3) is 0 Å². The van der Waals surface area contributed by atoms with Gasteiger partial charge in [-0.1, -0.05) is 20.8 Å². The van der Waals surface area contributed by atoms with Crippen LogP contribution in [0.5, 0.6) is 0 Å². The highest BCUT2D eigenvalue weighted by Crippen LogP contribution is 2.20. The van der Waals surface area contributed by atoms with Crippen LogP contribution in [0.25, 0.3) is 0 Å². The molecule has 0 heterocycles. The quantitative estimate of drug-likeness (QED) is 0.736. The van der Waals surface area contributed by atoms with Crippen LogP contribution in [-0.2, 0) is 9.84 Å². The maximum Gasteiger partial charge on any atom is 0.151 e. The molecule has 0 atom stereocenters. The van der Waals surface area contributed by atoms with E-state index in [9.17, 15) is 8.42 Å². The van der Waals surface area contributed by atoms with Crippen molar-refractivity contribution in [2.45, 2.75) is 33.6 Å². The van der Waals surface area contributed by atoms with E-state index >= 15 is 0 Å². The first-order valence-electron chi connectivity index (χ1n) is 4.67. The van der Waals surface area contributed by atoms with Gasteiger partial charge in [0, 0.05) is 6.54 Å². The van der Waals surface area contributed by atoms with E-state index in [1.165, 1.54) is 0 Å². The maximum absolute atomic E-state index is 11.2. The smallest absolute Gasteiger partial charge is 0.151 e. The molecule has 0 aromatic heterocycles. The van der Waals surface area contributed by atoms with Crippen molar-refractivity contribution in [1.82, 2.24) is 0 Å². The minimum Gasteiger partial charge on any atom is -0.329 e. The van der Waals surface area contributed by atoms with E-state index < -0.39 is 9.84 Å². The summed E-state index contributed by atoms with van der Waals surface area (Å²) in [6.07, 6.45) is 1.68. The summed E-state index contributed by atoms with van der Waals surface area (Å²) in [5, 5.41) is 0. The van der Waals surface area contributed by atoms with E-state index in [4.69, 9.17) is 5.73 Å². The Labute approximate surface area is 81.6 Å². The van der Waals surface area contributed by atoms with Crippen LogP contribution in [0.1, 0.15) is 33.6 Å². The first-order valence-corrected chi connectivity index (χ1v) is 6.49. The van der Waals surface area contributed by atoms with Crippen LogP contribution < -0.4 is 5.73 Å². The predicted octanol–water partition coefficient (Wildman–Crippen LogP) is 1.19. The largest absolute Gasteiger partial charge is 0.329 e. The zero-order valence-corrected chi connectivity index (χ0v) is 9.65. The van der Waals surface area contributed by atoms with Crippen LogP contribution in [0.15, 0.2) is 0 Å². The van der Waals surface area contributed by atoms with Gasteiger partial charge in [-0.3, -0.25) is 0 Å². The van der Waals surface area contributed by atoms with Crippen LogP contribution in [0.3, 0.4) is 0 Å². The highest BCUT2D eigenvalue weighted by Gasteiger charge is 2.13. The van der Waals surface area contributed by atoms with Gasteiger partial charge in [0.15, 0.2) is 9.84 Å². The van der Waals surface area contributed by atoms with Crippen LogP contribution >= 0.6 is 0 Å². The lowest BCUT2D eigenvalue weighted by Gasteiger charge is -2.17. The fourth-order valence-electron chi connectivity index (χ4n) is 1.10. The Bertz CT molecular complexity index is 226. The molecule has 0 aromatic carbocycles. The van der Waals surface area contributed by atoms with Crippen molar-refractivity contribution in [1.29, 1.82) is 0 Å².